The number of halogens is 1. The second-order valence-corrected chi connectivity index (χ2v) is 17.8. The lowest BCUT2D eigenvalue weighted by atomic mass is 9.55. The zero-order valence-electron chi connectivity index (χ0n) is 37.5. The summed E-state index contributed by atoms with van der Waals surface area (Å²) in [5, 5.41) is 35.8. The highest BCUT2D eigenvalue weighted by atomic mass is 19.1. The molecule has 3 aromatic rings. The lowest BCUT2D eigenvalue weighted by molar-refractivity contribution is -0.258. The molecule has 3 aromatic carbocycles. The Bertz CT molecular complexity index is 1940. The predicted molar refractivity (Wildman–Crippen MR) is 247 cm³/mol. The number of ether oxygens (including phenoxy) is 2. The van der Waals surface area contributed by atoms with Gasteiger partial charge in [-0.25, -0.2) is 4.39 Å². The number of carbonyl (C=O) groups excluding carboxylic acids is 1. The number of allylic oxidation sites excluding steroid dienone is 1. The molecule has 3 N–H and O–H groups in total. The van der Waals surface area contributed by atoms with Crippen LogP contribution in [0.25, 0.3) is 0 Å². The summed E-state index contributed by atoms with van der Waals surface area (Å²) in [5.74, 6) is -1.74. The van der Waals surface area contributed by atoms with Crippen molar-refractivity contribution in [2.45, 2.75) is 147 Å². The normalized spacial score (nSPS) is 23.0. The zero-order chi connectivity index (χ0) is 44.4. The Morgan fingerprint density at radius 2 is 1.59 bits per heavy atom. The van der Waals surface area contributed by atoms with E-state index in [9.17, 15) is 19.7 Å². The maximum Gasteiger partial charge on any atom is 0.239 e. The minimum Gasteiger partial charge on any atom is -0.508 e. The number of phenolic OH excluding ortho intramolecular Hbond substituents is 1. The molecule has 3 aliphatic rings. The maximum atomic E-state index is 15.0. The van der Waals surface area contributed by atoms with Crippen LogP contribution in [0, 0.1) is 23.6 Å². The molecule has 0 saturated heterocycles. The third kappa shape index (κ3) is 12.4. The van der Waals surface area contributed by atoms with Gasteiger partial charge in [-0.1, -0.05) is 131 Å². The van der Waals surface area contributed by atoms with Crippen LogP contribution in [-0.2, 0) is 27.5 Å². The first-order valence-corrected chi connectivity index (χ1v) is 23.8. The second kappa shape index (κ2) is 24.5. The SMILES string of the molecule is C=CCO[C@@]12Oc3ccc(O)cc3[C@H]3[C@H](CCCCO)[C@@H](CCCCO)C=C(C(=NOCc4ccccc4)C[C@@H]1N(Cc1ccc(F)cc1)C(=O)CCCCCCCCCCC)[C@H]32. The van der Waals surface area contributed by atoms with E-state index >= 15 is 4.79 Å². The molecule has 10 heteroatoms. The van der Waals surface area contributed by atoms with Crippen LogP contribution in [0.2, 0.25) is 0 Å². The minimum absolute atomic E-state index is 0.0357. The summed E-state index contributed by atoms with van der Waals surface area (Å²) in [5.41, 5.74) is 4.25. The van der Waals surface area contributed by atoms with Gasteiger partial charge in [0, 0.05) is 44.1 Å². The Morgan fingerprint density at radius 3 is 2.29 bits per heavy atom. The molecule has 1 heterocycles. The van der Waals surface area contributed by atoms with Crippen LogP contribution in [0.15, 0.2) is 102 Å². The van der Waals surface area contributed by atoms with Crippen LogP contribution in [-0.4, -0.2) is 63.5 Å². The van der Waals surface area contributed by atoms with Crippen molar-refractivity contribution in [3.63, 3.8) is 0 Å². The zero-order valence-corrected chi connectivity index (χ0v) is 37.5. The molecule has 0 aromatic heterocycles. The number of hydrogen-bond acceptors (Lipinski definition) is 8. The quantitative estimate of drug-likeness (QED) is 0.0396. The van der Waals surface area contributed by atoms with Crippen LogP contribution in [0.3, 0.4) is 0 Å². The van der Waals surface area contributed by atoms with Crippen molar-refractivity contribution in [2.75, 3.05) is 19.8 Å². The molecule has 0 spiro atoms. The van der Waals surface area contributed by atoms with Gasteiger partial charge in [0.05, 0.1) is 18.2 Å². The van der Waals surface area contributed by atoms with E-state index in [0.717, 1.165) is 73.6 Å². The Kier molecular flexibility index (Phi) is 18.7. The fourth-order valence-corrected chi connectivity index (χ4v) is 10.3. The van der Waals surface area contributed by atoms with Crippen LogP contribution in [0.5, 0.6) is 11.5 Å². The van der Waals surface area contributed by atoms with Crippen molar-refractivity contribution in [1.82, 2.24) is 4.90 Å². The predicted octanol–water partition coefficient (Wildman–Crippen LogP) is 11.3. The standard InChI is InChI=1S/C53H71FN2O7/c1-3-5-6-7-8-9-10-11-15-24-50(60)56(37-39-25-27-42(54)28-26-39)49-36-47(55-62-38-40-20-13-12-14-21-40)45-34-41(22-16-18-31-57)44(23-17-19-32-58)51-46-35-43(59)29-30-48(46)63-53(49,52(45)51)61-33-4-2/h4,12-14,20-21,25-30,34-35,41,44,49,51-52,57-59H,2-3,5-11,15-19,22-24,31-33,36-38H2,1H3/t41-,44+,49-,51+,52+,53+/m0/s1. The van der Waals surface area contributed by atoms with Gasteiger partial charge >= 0.3 is 0 Å². The molecular formula is C53H71FN2O7. The third-order valence-corrected chi connectivity index (χ3v) is 13.4. The van der Waals surface area contributed by atoms with Gasteiger partial charge in [-0.15, -0.1) is 6.58 Å². The van der Waals surface area contributed by atoms with Crippen LogP contribution in [0.1, 0.15) is 139 Å². The molecule has 1 aliphatic heterocycles. The highest BCUT2D eigenvalue weighted by Crippen LogP contribution is 2.62. The number of aromatic hydroxyl groups is 1. The number of benzene rings is 3. The molecule has 1 amide bonds. The number of fused-ring (bicyclic) bond motifs is 2. The first-order valence-electron chi connectivity index (χ1n) is 23.8. The molecule has 0 unspecified atom stereocenters. The monoisotopic (exact) mass is 867 g/mol. The molecular weight excluding hydrogens is 796 g/mol. The van der Waals surface area contributed by atoms with Gasteiger partial charge in [0.1, 0.15) is 30.0 Å². The van der Waals surface area contributed by atoms with E-state index in [2.05, 4.69) is 19.6 Å². The summed E-state index contributed by atoms with van der Waals surface area (Å²) in [6, 6.07) is 20.8. The Labute approximate surface area is 375 Å². The van der Waals surface area contributed by atoms with Crippen molar-refractivity contribution in [2.24, 2.45) is 22.9 Å². The number of rotatable bonds is 27. The van der Waals surface area contributed by atoms with Crippen molar-refractivity contribution < 1.29 is 38.8 Å². The van der Waals surface area contributed by atoms with Gasteiger partial charge in [-0.05, 0) is 91.0 Å². The molecule has 63 heavy (non-hydrogen) atoms. The van der Waals surface area contributed by atoms with Crippen LogP contribution in [0.4, 0.5) is 4.39 Å². The summed E-state index contributed by atoms with van der Waals surface area (Å²) >= 11 is 0. The van der Waals surface area contributed by atoms with E-state index in [-0.39, 0.29) is 74.6 Å². The van der Waals surface area contributed by atoms with Crippen molar-refractivity contribution >= 4 is 11.6 Å². The Morgan fingerprint density at radius 1 is 0.889 bits per heavy atom. The lowest BCUT2D eigenvalue weighted by Crippen LogP contribution is -2.70. The Hall–Kier alpha value is -4.51. The van der Waals surface area contributed by atoms with Gasteiger partial charge in [-0.2, -0.15) is 0 Å². The molecule has 9 nitrogen and oxygen atoms in total. The summed E-state index contributed by atoms with van der Waals surface area (Å²) in [7, 11) is 0. The van der Waals surface area contributed by atoms with E-state index < -0.39 is 17.7 Å². The smallest absolute Gasteiger partial charge is 0.239 e. The van der Waals surface area contributed by atoms with Gasteiger partial charge in [0.2, 0.25) is 11.7 Å². The largest absolute Gasteiger partial charge is 0.508 e. The molecule has 342 valence electrons. The topological polar surface area (TPSA) is 121 Å². The summed E-state index contributed by atoms with van der Waals surface area (Å²) in [6.45, 7) is 7.06. The number of nitrogens with zero attached hydrogens (tertiary/aromatic N) is 2. The number of aliphatic hydroxyl groups excluding tert-OH is 2. The van der Waals surface area contributed by atoms with Crippen molar-refractivity contribution in [1.29, 1.82) is 0 Å². The maximum absolute atomic E-state index is 15.0. The molecule has 1 fully saturated rings. The number of hydrogen-bond donors (Lipinski definition) is 3. The highest BCUT2D eigenvalue weighted by molar-refractivity contribution is 6.03. The first-order chi connectivity index (χ1) is 30.8. The van der Waals surface area contributed by atoms with Gasteiger partial charge in [0.15, 0.2) is 0 Å². The number of aliphatic hydroxyl groups is 2. The molecule has 0 bridgehead atoms. The van der Waals surface area contributed by atoms with E-state index in [1.165, 1.54) is 44.2 Å². The minimum atomic E-state index is -1.42. The number of oxime groups is 1. The number of phenols is 1. The van der Waals surface area contributed by atoms with E-state index in [0.29, 0.717) is 30.7 Å². The van der Waals surface area contributed by atoms with Gasteiger partial charge in [0.25, 0.3) is 0 Å². The summed E-state index contributed by atoms with van der Waals surface area (Å²) < 4.78 is 28.8. The molecule has 6 atom stereocenters. The molecule has 6 rings (SSSR count). The number of amides is 1. The molecule has 2 aliphatic carbocycles. The molecule has 0 radical (unpaired) electrons. The van der Waals surface area contributed by atoms with Gasteiger partial charge in [-0.3, -0.25) is 4.79 Å². The average molecular weight is 867 g/mol. The lowest BCUT2D eigenvalue weighted by Gasteiger charge is -2.60. The van der Waals surface area contributed by atoms with Crippen LogP contribution < -0.4 is 4.74 Å². The van der Waals surface area contributed by atoms with Crippen molar-refractivity contribution in [3.8, 4) is 11.5 Å². The second-order valence-electron chi connectivity index (χ2n) is 17.8. The van der Waals surface area contributed by atoms with Gasteiger partial charge < -0.3 is 34.5 Å². The van der Waals surface area contributed by atoms with Crippen molar-refractivity contribution in [3.05, 3.63) is 120 Å². The van der Waals surface area contributed by atoms with E-state index in [4.69, 9.17) is 19.5 Å². The fourth-order valence-electron chi connectivity index (χ4n) is 10.3. The van der Waals surface area contributed by atoms with E-state index in [1.54, 1.807) is 24.3 Å². The van der Waals surface area contributed by atoms with E-state index in [1.807, 2.05) is 47.4 Å². The van der Waals surface area contributed by atoms with Crippen LogP contribution >= 0.6 is 0 Å². The average Bonchev–Trinajstić information content (AvgIpc) is 3.29. The third-order valence-electron chi connectivity index (χ3n) is 13.4. The summed E-state index contributed by atoms with van der Waals surface area (Å²) in [6.07, 6.45) is 19.3. The Balaban J connectivity index is 1.48. The molecule has 1 saturated carbocycles. The highest BCUT2D eigenvalue weighted by Gasteiger charge is 2.65. The first kappa shape index (κ1) is 48.0. The summed E-state index contributed by atoms with van der Waals surface area (Å²) in [4.78, 5) is 23.2. The number of carbonyl (C=O) groups is 1. The fraction of sp³-hybridized carbons (Fsp3) is 0.547. The number of unbranched alkanes of at least 4 members (excludes halogenated alkanes) is 10.